The lowest BCUT2D eigenvalue weighted by atomic mass is 10.00. The van der Waals surface area contributed by atoms with E-state index in [9.17, 15) is 4.79 Å². The van der Waals surface area contributed by atoms with Crippen molar-refractivity contribution in [3.05, 3.63) is 70.3 Å². The first-order chi connectivity index (χ1) is 13.5. The van der Waals surface area contributed by atoms with Gasteiger partial charge in [-0.1, -0.05) is 23.7 Å². The molecule has 0 radical (unpaired) electrons. The molecule has 142 valence electrons. The van der Waals surface area contributed by atoms with Crippen LogP contribution in [-0.2, 0) is 4.79 Å². The third-order valence-electron chi connectivity index (χ3n) is 4.73. The standard InChI is InChI=1S/C21H19ClN4O2/c1-12(27)10-18-21-25-24-13(2)26(21)19-9-8-16(28-3)11-17(19)20(23-18)14-4-6-15(22)7-5-14/h4-9,11,18H,10H2,1-3H3. The molecule has 0 aliphatic carbocycles. The van der Waals surface area contributed by atoms with Crippen LogP contribution < -0.4 is 4.74 Å². The van der Waals surface area contributed by atoms with Crippen molar-refractivity contribution >= 4 is 23.1 Å². The van der Waals surface area contributed by atoms with Crippen LogP contribution in [-0.4, -0.2) is 33.4 Å². The predicted octanol–water partition coefficient (Wildman–Crippen LogP) is 4.11. The Morgan fingerprint density at radius 1 is 1.18 bits per heavy atom. The van der Waals surface area contributed by atoms with Crippen LogP contribution in [0.3, 0.4) is 0 Å². The number of hydrogen-bond acceptors (Lipinski definition) is 5. The fourth-order valence-corrected chi connectivity index (χ4v) is 3.58. The van der Waals surface area contributed by atoms with Crippen LogP contribution in [0.5, 0.6) is 5.75 Å². The quantitative estimate of drug-likeness (QED) is 0.667. The molecule has 0 N–H and O–H groups in total. The number of rotatable bonds is 4. The number of aliphatic imine (C=N–C) groups is 1. The Hall–Kier alpha value is -2.99. The first kappa shape index (κ1) is 18.4. The molecule has 0 bridgehead atoms. The summed E-state index contributed by atoms with van der Waals surface area (Å²) in [4.78, 5) is 16.9. The number of methoxy groups -OCH3 is 1. The van der Waals surface area contributed by atoms with E-state index < -0.39 is 6.04 Å². The molecule has 28 heavy (non-hydrogen) atoms. The number of benzene rings is 2. The van der Waals surface area contributed by atoms with E-state index in [-0.39, 0.29) is 12.2 Å². The lowest BCUT2D eigenvalue weighted by Crippen LogP contribution is -2.09. The largest absolute Gasteiger partial charge is 0.497 e. The number of nitrogens with zero attached hydrogens (tertiary/aromatic N) is 4. The van der Waals surface area contributed by atoms with Crippen LogP contribution in [0.1, 0.15) is 42.2 Å². The fraction of sp³-hybridized carbons (Fsp3) is 0.238. The molecule has 1 aliphatic heterocycles. The minimum atomic E-state index is -0.428. The normalized spacial score (nSPS) is 15.3. The van der Waals surface area contributed by atoms with Crippen molar-refractivity contribution in [1.29, 1.82) is 0 Å². The number of ketones is 1. The van der Waals surface area contributed by atoms with Gasteiger partial charge < -0.3 is 4.74 Å². The van der Waals surface area contributed by atoms with E-state index in [4.69, 9.17) is 21.3 Å². The highest BCUT2D eigenvalue weighted by Crippen LogP contribution is 2.34. The summed E-state index contributed by atoms with van der Waals surface area (Å²) < 4.78 is 7.41. The van der Waals surface area contributed by atoms with Gasteiger partial charge in [-0.15, -0.1) is 10.2 Å². The number of fused-ring (bicyclic) bond motifs is 3. The lowest BCUT2D eigenvalue weighted by molar-refractivity contribution is -0.117. The van der Waals surface area contributed by atoms with Gasteiger partial charge in [-0.05, 0) is 44.2 Å². The van der Waals surface area contributed by atoms with Gasteiger partial charge >= 0.3 is 0 Å². The molecular formula is C21H19ClN4O2. The van der Waals surface area contributed by atoms with E-state index in [0.717, 1.165) is 34.1 Å². The van der Waals surface area contributed by atoms with E-state index in [1.165, 1.54) is 0 Å². The summed E-state index contributed by atoms with van der Waals surface area (Å²) in [6, 6.07) is 12.9. The molecule has 0 amide bonds. The minimum Gasteiger partial charge on any atom is -0.497 e. The molecule has 2 heterocycles. The number of carbonyl (C=O) groups is 1. The summed E-state index contributed by atoms with van der Waals surface area (Å²) in [6.45, 7) is 3.45. The summed E-state index contributed by atoms with van der Waals surface area (Å²) in [5, 5.41) is 9.22. The molecule has 7 heteroatoms. The van der Waals surface area contributed by atoms with Crippen LogP contribution in [0.15, 0.2) is 47.5 Å². The van der Waals surface area contributed by atoms with E-state index in [0.29, 0.717) is 10.8 Å². The third kappa shape index (κ3) is 3.20. The van der Waals surface area contributed by atoms with Gasteiger partial charge in [0.2, 0.25) is 0 Å². The molecule has 1 atom stereocenters. The fourth-order valence-electron chi connectivity index (χ4n) is 3.45. The maximum atomic E-state index is 11.9. The van der Waals surface area contributed by atoms with E-state index in [2.05, 4.69) is 10.2 Å². The van der Waals surface area contributed by atoms with E-state index >= 15 is 0 Å². The summed E-state index contributed by atoms with van der Waals surface area (Å²) >= 11 is 6.08. The minimum absolute atomic E-state index is 0.0416. The number of aryl methyl sites for hydroxylation is 1. The number of aromatic nitrogens is 3. The van der Waals surface area contributed by atoms with Crippen molar-refractivity contribution < 1.29 is 9.53 Å². The summed E-state index contributed by atoms with van der Waals surface area (Å²) in [6.07, 6.45) is 0.250. The van der Waals surface area contributed by atoms with Crippen LogP contribution in [0.2, 0.25) is 5.02 Å². The van der Waals surface area contributed by atoms with Crippen molar-refractivity contribution in [2.24, 2.45) is 4.99 Å². The highest BCUT2D eigenvalue weighted by Gasteiger charge is 2.29. The number of halogens is 1. The van der Waals surface area contributed by atoms with Crippen LogP contribution in [0, 0.1) is 6.92 Å². The molecule has 0 saturated carbocycles. The second-order valence-electron chi connectivity index (χ2n) is 6.73. The van der Waals surface area contributed by atoms with Gasteiger partial charge in [0.15, 0.2) is 5.82 Å². The van der Waals surface area contributed by atoms with Crippen LogP contribution >= 0.6 is 11.6 Å². The summed E-state index contributed by atoms with van der Waals surface area (Å²) in [7, 11) is 1.63. The van der Waals surface area contributed by atoms with Crippen molar-refractivity contribution in [1.82, 2.24) is 14.8 Å². The number of carbonyl (C=O) groups excluding carboxylic acids is 1. The zero-order chi connectivity index (χ0) is 19.8. The zero-order valence-electron chi connectivity index (χ0n) is 15.8. The van der Waals surface area contributed by atoms with Gasteiger partial charge in [-0.2, -0.15) is 0 Å². The lowest BCUT2D eigenvalue weighted by Gasteiger charge is -2.14. The maximum absolute atomic E-state index is 11.9. The van der Waals surface area contributed by atoms with Gasteiger partial charge in [-0.3, -0.25) is 14.4 Å². The average Bonchev–Trinajstić information content (AvgIpc) is 3.00. The molecule has 0 spiro atoms. The van der Waals surface area contributed by atoms with Gasteiger partial charge in [0.25, 0.3) is 0 Å². The molecule has 0 saturated heterocycles. The highest BCUT2D eigenvalue weighted by atomic mass is 35.5. The topological polar surface area (TPSA) is 69.4 Å². The van der Waals surface area contributed by atoms with Crippen molar-refractivity contribution in [2.75, 3.05) is 7.11 Å². The second-order valence-corrected chi connectivity index (χ2v) is 7.17. The van der Waals surface area contributed by atoms with Crippen molar-refractivity contribution in [3.8, 4) is 11.4 Å². The Bertz CT molecular complexity index is 1090. The molecule has 1 aromatic heterocycles. The molecule has 4 rings (SSSR count). The molecule has 6 nitrogen and oxygen atoms in total. The molecular weight excluding hydrogens is 376 g/mol. The van der Waals surface area contributed by atoms with Gasteiger partial charge in [0, 0.05) is 22.6 Å². The monoisotopic (exact) mass is 394 g/mol. The molecule has 1 aliphatic rings. The molecule has 0 fully saturated rings. The number of hydrogen-bond donors (Lipinski definition) is 0. The SMILES string of the molecule is COc1ccc2c(c1)C(c1ccc(Cl)cc1)=NC(CC(C)=O)c1nnc(C)n1-2. The van der Waals surface area contributed by atoms with Crippen molar-refractivity contribution in [3.63, 3.8) is 0 Å². The van der Waals surface area contributed by atoms with Crippen LogP contribution in [0.4, 0.5) is 0 Å². The Morgan fingerprint density at radius 3 is 2.61 bits per heavy atom. The summed E-state index contributed by atoms with van der Waals surface area (Å²) in [5.41, 5.74) is 3.46. The Kier molecular flexibility index (Phi) is 4.73. The van der Waals surface area contributed by atoms with Gasteiger partial charge in [0.05, 0.1) is 18.5 Å². The van der Waals surface area contributed by atoms with E-state index in [1.54, 1.807) is 14.0 Å². The number of ether oxygens (including phenoxy) is 1. The van der Waals surface area contributed by atoms with Gasteiger partial charge in [-0.25, -0.2) is 0 Å². The molecule has 1 unspecified atom stereocenters. The Morgan fingerprint density at radius 2 is 1.93 bits per heavy atom. The predicted molar refractivity (Wildman–Crippen MR) is 108 cm³/mol. The average molecular weight is 395 g/mol. The molecule has 2 aromatic carbocycles. The second kappa shape index (κ2) is 7.20. The van der Waals surface area contributed by atoms with Crippen LogP contribution in [0.25, 0.3) is 5.69 Å². The number of Topliss-reactive ketones (excluding diaryl/α,β-unsaturated/α-hetero) is 1. The zero-order valence-corrected chi connectivity index (χ0v) is 16.6. The van der Waals surface area contributed by atoms with E-state index in [1.807, 2.05) is 54.0 Å². The van der Waals surface area contributed by atoms with Gasteiger partial charge in [0.1, 0.15) is 23.4 Å². The Labute approximate surface area is 167 Å². The molecule has 3 aromatic rings. The highest BCUT2D eigenvalue weighted by molar-refractivity contribution is 6.30. The first-order valence-electron chi connectivity index (χ1n) is 8.92. The first-order valence-corrected chi connectivity index (χ1v) is 9.29. The smallest absolute Gasteiger partial charge is 0.162 e. The summed E-state index contributed by atoms with van der Waals surface area (Å²) in [5.74, 6) is 2.16. The third-order valence-corrected chi connectivity index (χ3v) is 4.98. The maximum Gasteiger partial charge on any atom is 0.162 e. The van der Waals surface area contributed by atoms with Crippen molar-refractivity contribution in [2.45, 2.75) is 26.3 Å². The Balaban J connectivity index is 2.02.